The Kier molecular flexibility index (Phi) is 4.65. The molecule has 0 atom stereocenters. The molecule has 1 aromatic carbocycles. The minimum Gasteiger partial charge on any atom is -0.477 e. The third-order valence-corrected chi connectivity index (χ3v) is 4.78. The third-order valence-electron chi connectivity index (χ3n) is 2.58. The van der Waals surface area contributed by atoms with E-state index >= 15 is 0 Å². The Morgan fingerprint density at radius 2 is 2.00 bits per heavy atom. The topological polar surface area (TPSA) is 49.3 Å². The molecule has 0 unspecified atom stereocenters. The third kappa shape index (κ3) is 3.38. The molecule has 0 bridgehead atoms. The maximum absolute atomic E-state index is 11.0. The Bertz CT molecular complexity index is 602. The van der Waals surface area contributed by atoms with E-state index in [9.17, 15) is 4.79 Å². The first-order valence-corrected chi connectivity index (χ1v) is 7.94. The number of benzene rings is 1. The number of hydrogen-bond donors (Lipinski definition) is 2. The minimum atomic E-state index is -0.881. The van der Waals surface area contributed by atoms with E-state index in [2.05, 4.69) is 37.2 Å². The predicted molar refractivity (Wildman–Crippen MR) is 85.2 cm³/mol. The van der Waals surface area contributed by atoms with Crippen molar-refractivity contribution in [2.75, 3.05) is 5.32 Å². The van der Waals surface area contributed by atoms with Gasteiger partial charge in [0.15, 0.2) is 0 Å². The van der Waals surface area contributed by atoms with E-state index in [1.807, 2.05) is 25.1 Å². The lowest BCUT2D eigenvalue weighted by atomic mass is 10.2. The van der Waals surface area contributed by atoms with Crippen LogP contribution in [0.3, 0.4) is 0 Å². The van der Waals surface area contributed by atoms with E-state index in [1.165, 1.54) is 11.3 Å². The monoisotopic (exact) mass is 403 g/mol. The van der Waals surface area contributed by atoms with Crippen LogP contribution in [0.4, 0.5) is 5.69 Å². The summed E-state index contributed by atoms with van der Waals surface area (Å²) in [4.78, 5) is 11.4. The van der Waals surface area contributed by atoms with Crippen LogP contribution in [-0.2, 0) is 6.54 Å². The maximum atomic E-state index is 11.0. The number of halogens is 2. The summed E-state index contributed by atoms with van der Waals surface area (Å²) in [6, 6.07) is 5.86. The fraction of sp³-hybridized carbons (Fsp3) is 0.154. The van der Waals surface area contributed by atoms with E-state index in [-0.39, 0.29) is 0 Å². The van der Waals surface area contributed by atoms with E-state index in [0.29, 0.717) is 11.4 Å². The van der Waals surface area contributed by atoms with Crippen LogP contribution in [0.5, 0.6) is 0 Å². The summed E-state index contributed by atoms with van der Waals surface area (Å²) in [5.74, 6) is -0.881. The lowest BCUT2D eigenvalue weighted by Crippen LogP contribution is -2.05. The minimum absolute atomic E-state index is 0.381. The molecular formula is C13H11Br2NO2S. The van der Waals surface area contributed by atoms with Crippen LogP contribution >= 0.6 is 43.2 Å². The van der Waals surface area contributed by atoms with Gasteiger partial charge in [0, 0.05) is 15.5 Å². The van der Waals surface area contributed by atoms with Crippen molar-refractivity contribution in [1.82, 2.24) is 0 Å². The molecule has 1 aromatic heterocycles. The number of carboxylic acid groups (broad SMARTS) is 1. The largest absolute Gasteiger partial charge is 0.477 e. The maximum Gasteiger partial charge on any atom is 0.346 e. The first-order chi connectivity index (χ1) is 8.99. The molecule has 19 heavy (non-hydrogen) atoms. The highest BCUT2D eigenvalue weighted by Gasteiger charge is 2.12. The van der Waals surface area contributed by atoms with Crippen molar-refractivity contribution in [3.63, 3.8) is 0 Å². The van der Waals surface area contributed by atoms with Crippen molar-refractivity contribution in [3.05, 3.63) is 48.5 Å². The average molecular weight is 405 g/mol. The molecule has 0 aliphatic carbocycles. The second-order valence-electron chi connectivity index (χ2n) is 4.04. The summed E-state index contributed by atoms with van der Waals surface area (Å²) >= 11 is 8.25. The molecule has 0 amide bonds. The van der Waals surface area contributed by atoms with Gasteiger partial charge in [0.2, 0.25) is 0 Å². The van der Waals surface area contributed by atoms with Crippen molar-refractivity contribution in [3.8, 4) is 0 Å². The van der Waals surface area contributed by atoms with Gasteiger partial charge in [-0.2, -0.15) is 0 Å². The van der Waals surface area contributed by atoms with Gasteiger partial charge in [0.25, 0.3) is 0 Å². The molecule has 0 saturated heterocycles. The molecule has 3 nitrogen and oxygen atoms in total. The fourth-order valence-corrected chi connectivity index (χ4v) is 4.17. The molecule has 0 aliphatic heterocycles. The Labute approximate surface area is 131 Å². The van der Waals surface area contributed by atoms with Crippen LogP contribution in [0.15, 0.2) is 32.5 Å². The molecule has 0 aliphatic rings. The highest BCUT2D eigenvalue weighted by molar-refractivity contribution is 9.11. The van der Waals surface area contributed by atoms with Gasteiger partial charge in [-0.05, 0) is 73.5 Å². The number of carbonyl (C=O) groups is 1. The van der Waals surface area contributed by atoms with Crippen LogP contribution in [0.2, 0.25) is 0 Å². The number of rotatable bonds is 4. The number of hydrogen-bond acceptors (Lipinski definition) is 3. The number of nitrogens with one attached hydrogen (secondary N) is 1. The van der Waals surface area contributed by atoms with Gasteiger partial charge in [0.05, 0.1) is 5.69 Å². The lowest BCUT2D eigenvalue weighted by molar-refractivity contribution is 0.0701. The van der Waals surface area contributed by atoms with Crippen LogP contribution in [0, 0.1) is 6.92 Å². The van der Waals surface area contributed by atoms with Gasteiger partial charge in [-0.3, -0.25) is 0 Å². The molecule has 1 heterocycles. The molecule has 0 radical (unpaired) electrons. The van der Waals surface area contributed by atoms with Crippen molar-refractivity contribution in [2.45, 2.75) is 13.5 Å². The van der Waals surface area contributed by atoms with Crippen molar-refractivity contribution in [2.24, 2.45) is 0 Å². The first kappa shape index (κ1) is 14.6. The van der Waals surface area contributed by atoms with Crippen LogP contribution in [0.25, 0.3) is 0 Å². The van der Waals surface area contributed by atoms with Gasteiger partial charge in [-0.25, -0.2) is 4.79 Å². The van der Waals surface area contributed by atoms with Gasteiger partial charge in [0.1, 0.15) is 4.88 Å². The Morgan fingerprint density at radius 3 is 2.58 bits per heavy atom. The summed E-state index contributed by atoms with van der Waals surface area (Å²) < 4.78 is 1.90. The summed E-state index contributed by atoms with van der Waals surface area (Å²) in [5.41, 5.74) is 2.86. The van der Waals surface area contributed by atoms with E-state index in [4.69, 9.17) is 5.11 Å². The highest BCUT2D eigenvalue weighted by atomic mass is 79.9. The average Bonchev–Trinajstić information content (AvgIpc) is 2.75. The summed E-state index contributed by atoms with van der Waals surface area (Å²) in [5, 5.41) is 14.1. The van der Waals surface area contributed by atoms with E-state index < -0.39 is 5.97 Å². The second kappa shape index (κ2) is 6.07. The number of thiophene rings is 1. The fourth-order valence-electron chi connectivity index (χ4n) is 1.71. The predicted octanol–water partition coefficient (Wildman–Crippen LogP) is 4.89. The molecule has 0 saturated carbocycles. The second-order valence-corrected chi connectivity index (χ2v) is 6.66. The molecule has 0 fully saturated rings. The zero-order valence-corrected chi connectivity index (χ0v) is 14.0. The van der Waals surface area contributed by atoms with Gasteiger partial charge < -0.3 is 10.4 Å². The zero-order chi connectivity index (χ0) is 14.0. The van der Waals surface area contributed by atoms with Crippen LogP contribution in [-0.4, -0.2) is 11.1 Å². The number of aryl methyl sites for hydroxylation is 1. The van der Waals surface area contributed by atoms with Gasteiger partial charge in [-0.15, -0.1) is 11.3 Å². The highest BCUT2D eigenvalue weighted by Crippen LogP contribution is 2.33. The van der Waals surface area contributed by atoms with Crippen molar-refractivity contribution < 1.29 is 9.90 Å². The van der Waals surface area contributed by atoms with Gasteiger partial charge in [-0.1, -0.05) is 0 Å². The smallest absolute Gasteiger partial charge is 0.346 e. The first-order valence-electron chi connectivity index (χ1n) is 5.48. The van der Waals surface area contributed by atoms with Crippen molar-refractivity contribution >= 4 is 54.9 Å². The van der Waals surface area contributed by atoms with E-state index in [1.54, 1.807) is 5.38 Å². The van der Waals surface area contributed by atoms with Crippen molar-refractivity contribution in [1.29, 1.82) is 0 Å². The molecule has 2 aromatic rings. The van der Waals surface area contributed by atoms with E-state index in [0.717, 1.165) is 25.8 Å². The molecule has 6 heteroatoms. The molecule has 2 rings (SSSR count). The summed E-state index contributed by atoms with van der Waals surface area (Å²) in [7, 11) is 0. The molecular weight excluding hydrogens is 394 g/mol. The zero-order valence-electron chi connectivity index (χ0n) is 10.0. The summed E-state index contributed by atoms with van der Waals surface area (Å²) in [6.07, 6.45) is 0. The van der Waals surface area contributed by atoms with Crippen LogP contribution in [0.1, 0.15) is 20.8 Å². The van der Waals surface area contributed by atoms with Gasteiger partial charge >= 0.3 is 5.97 Å². The Hall–Kier alpha value is -0.850. The SMILES string of the molecule is Cc1cc(Br)c(NCc2ccsc2C(=O)O)c(Br)c1. The van der Waals surface area contributed by atoms with Crippen LogP contribution < -0.4 is 5.32 Å². The number of carboxylic acids is 1. The quantitative estimate of drug-likeness (QED) is 0.762. The Morgan fingerprint density at radius 1 is 1.37 bits per heavy atom. The standard InChI is InChI=1S/C13H11Br2NO2S/c1-7-4-9(14)11(10(15)5-7)16-6-8-2-3-19-12(8)13(17)18/h2-5,16H,6H2,1H3,(H,17,18). The number of aromatic carboxylic acids is 1. The lowest BCUT2D eigenvalue weighted by Gasteiger charge is -2.11. The number of anilines is 1. The molecule has 2 N–H and O–H groups in total. The molecule has 100 valence electrons. The summed E-state index contributed by atoms with van der Waals surface area (Å²) in [6.45, 7) is 2.49. The Balaban J connectivity index is 2.19. The molecule has 0 spiro atoms. The normalized spacial score (nSPS) is 10.5.